The number of Topliss-reactive ketones (excluding diaryl/α,β-unsaturated/α-hetero) is 1. The maximum Gasteiger partial charge on any atom is 0.296 e. The minimum absolute atomic E-state index is 0.0225. The van der Waals surface area contributed by atoms with Gasteiger partial charge in [0, 0.05) is 17.0 Å². The lowest BCUT2D eigenvalue weighted by Gasteiger charge is -2.04. The number of ketones is 1. The zero-order valence-electron chi connectivity index (χ0n) is 10.5. The Bertz CT molecular complexity index is 929. The third-order valence-corrected chi connectivity index (χ3v) is 3.47. The second-order valence-electron chi connectivity index (χ2n) is 4.46. The normalized spacial score (nSPS) is 14.6. The Morgan fingerprint density at radius 1 is 1.19 bits per heavy atom. The molecule has 0 saturated heterocycles. The molecule has 2 N–H and O–H groups in total. The van der Waals surface area contributed by atoms with Gasteiger partial charge in [-0.1, -0.05) is 17.7 Å². The van der Waals surface area contributed by atoms with Crippen molar-refractivity contribution in [3.63, 3.8) is 0 Å². The molecule has 0 unspecified atom stereocenters. The molecule has 0 amide bonds. The summed E-state index contributed by atoms with van der Waals surface area (Å²) in [5, 5.41) is 10.1. The molecule has 2 heterocycles. The summed E-state index contributed by atoms with van der Waals surface area (Å²) in [6.45, 7) is -0.138. The Kier molecular flexibility index (Phi) is 3.03. The first-order valence-electron chi connectivity index (χ1n) is 5.94. The lowest BCUT2D eigenvalue weighted by atomic mass is 10.1. The maximum atomic E-state index is 11.5. The molecule has 1 aromatic carbocycles. The minimum Gasteiger partial charge on any atom is -0.507 e. The quantitative estimate of drug-likeness (QED) is 0.769. The van der Waals surface area contributed by atoms with Gasteiger partial charge in [0.2, 0.25) is 11.2 Å². The molecule has 0 spiro atoms. The highest BCUT2D eigenvalue weighted by Crippen LogP contribution is 2.31. The number of carbonyl (C=O) groups is 1. The molecule has 6 nitrogen and oxygen atoms in total. The van der Waals surface area contributed by atoms with Crippen molar-refractivity contribution in [2.75, 3.05) is 6.61 Å². The average molecular weight is 306 g/mol. The average Bonchev–Trinajstić information content (AvgIpc) is 2.73. The lowest BCUT2D eigenvalue weighted by molar-refractivity contribution is -0.115. The zero-order valence-corrected chi connectivity index (χ0v) is 11.2. The van der Waals surface area contributed by atoms with Crippen molar-refractivity contribution < 1.29 is 14.6 Å². The number of hydrogen-bond acceptors (Lipinski definition) is 5. The van der Waals surface area contributed by atoms with E-state index in [0.29, 0.717) is 10.9 Å². The van der Waals surface area contributed by atoms with E-state index in [9.17, 15) is 19.5 Å². The van der Waals surface area contributed by atoms with Crippen LogP contribution in [0.25, 0.3) is 16.7 Å². The molecular weight excluding hydrogens is 298 g/mol. The summed E-state index contributed by atoms with van der Waals surface area (Å²) in [6, 6.07) is 5.40. The van der Waals surface area contributed by atoms with Gasteiger partial charge >= 0.3 is 0 Å². The van der Waals surface area contributed by atoms with Gasteiger partial charge in [-0.25, -0.2) is 0 Å². The summed E-state index contributed by atoms with van der Waals surface area (Å²) >= 11 is 5.86. The van der Waals surface area contributed by atoms with Crippen LogP contribution < -0.4 is 11.0 Å². The molecule has 21 heavy (non-hydrogen) atoms. The van der Waals surface area contributed by atoms with Crippen LogP contribution in [0.2, 0.25) is 0 Å². The number of H-pyrrole nitrogens is 1. The number of hydrogen-bond donors (Lipinski definition) is 2. The van der Waals surface area contributed by atoms with Crippen molar-refractivity contribution in [3.8, 4) is 5.75 Å². The van der Waals surface area contributed by atoms with Crippen LogP contribution in [0, 0.1) is 0 Å². The van der Waals surface area contributed by atoms with E-state index in [2.05, 4.69) is 4.98 Å². The third-order valence-electron chi connectivity index (χ3n) is 3.09. The third kappa shape index (κ3) is 2.19. The van der Waals surface area contributed by atoms with Crippen LogP contribution in [-0.4, -0.2) is 22.5 Å². The largest absolute Gasteiger partial charge is 0.507 e. The Morgan fingerprint density at radius 3 is 2.62 bits per heavy atom. The van der Waals surface area contributed by atoms with Gasteiger partial charge in [0.25, 0.3) is 5.56 Å². The number of nitrogens with one attached hydrogen (secondary N) is 1. The standard InChI is InChI=1S/C14H8ClNO5/c15-12-11(19)5-21-13(12)6-1-2-7-8(3-6)16-14(20)10(18)4-9(7)17/h1-4,17H,5H2,(H,16,18,20). The second kappa shape index (κ2) is 4.75. The van der Waals surface area contributed by atoms with Gasteiger partial charge in [-0.3, -0.25) is 14.4 Å². The molecule has 2 aromatic rings. The minimum atomic E-state index is -0.860. The first kappa shape index (κ1) is 13.4. The van der Waals surface area contributed by atoms with Crippen LogP contribution in [0.5, 0.6) is 5.75 Å². The van der Waals surface area contributed by atoms with E-state index in [1.807, 2.05) is 0 Å². The highest BCUT2D eigenvalue weighted by atomic mass is 35.5. The van der Waals surface area contributed by atoms with Crippen molar-refractivity contribution in [1.82, 2.24) is 4.98 Å². The van der Waals surface area contributed by atoms with Crippen molar-refractivity contribution in [2.24, 2.45) is 0 Å². The Labute approximate surface area is 122 Å². The number of rotatable bonds is 1. The Morgan fingerprint density at radius 2 is 1.95 bits per heavy atom. The molecule has 0 atom stereocenters. The zero-order chi connectivity index (χ0) is 15.1. The van der Waals surface area contributed by atoms with Crippen LogP contribution in [0.3, 0.4) is 0 Å². The number of aromatic hydroxyl groups is 1. The second-order valence-corrected chi connectivity index (χ2v) is 4.84. The topological polar surface area (TPSA) is 96.5 Å². The molecule has 0 radical (unpaired) electrons. The van der Waals surface area contributed by atoms with Gasteiger partial charge in [-0.15, -0.1) is 0 Å². The number of benzene rings is 1. The van der Waals surface area contributed by atoms with Crippen molar-refractivity contribution in [3.05, 3.63) is 55.4 Å². The maximum absolute atomic E-state index is 11.5. The van der Waals surface area contributed by atoms with E-state index < -0.39 is 11.0 Å². The fourth-order valence-corrected chi connectivity index (χ4v) is 2.28. The van der Waals surface area contributed by atoms with Gasteiger partial charge in [-0.2, -0.15) is 0 Å². The molecule has 106 valence electrons. The molecule has 1 aliphatic rings. The fraction of sp³-hybridized carbons (Fsp3) is 0.0714. The van der Waals surface area contributed by atoms with E-state index in [-0.39, 0.29) is 34.4 Å². The SMILES string of the molecule is O=C1COC(c2ccc3c(O)cc(=O)c(=O)[nH]c3c2)=C1Cl. The van der Waals surface area contributed by atoms with Crippen molar-refractivity contribution >= 4 is 34.0 Å². The van der Waals surface area contributed by atoms with E-state index in [1.165, 1.54) is 12.1 Å². The van der Waals surface area contributed by atoms with Gasteiger partial charge < -0.3 is 14.8 Å². The number of aromatic nitrogens is 1. The van der Waals surface area contributed by atoms with E-state index in [0.717, 1.165) is 6.07 Å². The molecule has 0 bridgehead atoms. The number of halogens is 1. The number of fused-ring (bicyclic) bond motifs is 1. The summed E-state index contributed by atoms with van der Waals surface area (Å²) < 4.78 is 5.20. The van der Waals surface area contributed by atoms with Gasteiger partial charge in [-0.05, 0) is 12.1 Å². The van der Waals surface area contributed by atoms with Crippen molar-refractivity contribution in [1.29, 1.82) is 0 Å². The van der Waals surface area contributed by atoms with Crippen LogP contribution in [0.1, 0.15) is 5.56 Å². The number of aromatic amines is 1. The lowest BCUT2D eigenvalue weighted by Crippen LogP contribution is -2.22. The van der Waals surface area contributed by atoms with Crippen LogP contribution in [0.15, 0.2) is 38.9 Å². The molecule has 0 fully saturated rings. The first-order chi connectivity index (χ1) is 9.97. The van der Waals surface area contributed by atoms with E-state index in [1.54, 1.807) is 6.07 Å². The summed E-state index contributed by atoms with van der Waals surface area (Å²) in [7, 11) is 0. The van der Waals surface area contributed by atoms with Gasteiger partial charge in [0.15, 0.2) is 6.61 Å². The molecule has 3 rings (SSSR count). The molecule has 1 aliphatic heterocycles. The van der Waals surface area contributed by atoms with Gasteiger partial charge in [0.05, 0.1) is 5.52 Å². The Hall–Kier alpha value is -2.60. The first-order valence-corrected chi connectivity index (χ1v) is 6.31. The van der Waals surface area contributed by atoms with Crippen molar-refractivity contribution in [2.45, 2.75) is 0 Å². The van der Waals surface area contributed by atoms with Crippen LogP contribution >= 0.6 is 11.6 Å². The highest BCUT2D eigenvalue weighted by molar-refractivity contribution is 6.46. The predicted octanol–water partition coefficient (Wildman–Crippen LogP) is 1.10. The summed E-state index contributed by atoms with van der Waals surface area (Å²) in [4.78, 5) is 36.7. The monoisotopic (exact) mass is 305 g/mol. The summed E-state index contributed by atoms with van der Waals surface area (Å²) in [6.07, 6.45) is 0. The van der Waals surface area contributed by atoms with E-state index in [4.69, 9.17) is 16.3 Å². The smallest absolute Gasteiger partial charge is 0.296 e. The highest BCUT2D eigenvalue weighted by Gasteiger charge is 2.24. The summed E-state index contributed by atoms with van der Waals surface area (Å²) in [5.41, 5.74) is -1.01. The molecular formula is C14H8ClNO5. The number of ether oxygens (including phenoxy) is 1. The predicted molar refractivity (Wildman–Crippen MR) is 76.2 cm³/mol. The van der Waals surface area contributed by atoms with Crippen LogP contribution in [-0.2, 0) is 9.53 Å². The summed E-state index contributed by atoms with van der Waals surface area (Å²) in [5.74, 6) is -0.440. The molecule has 0 aliphatic carbocycles. The van der Waals surface area contributed by atoms with Crippen LogP contribution in [0.4, 0.5) is 0 Å². The molecule has 7 heteroatoms. The number of carbonyl (C=O) groups excluding carboxylic acids is 1. The Balaban J connectivity index is 2.32. The van der Waals surface area contributed by atoms with E-state index >= 15 is 0 Å². The molecule has 1 aromatic heterocycles. The molecule has 0 saturated carbocycles. The fourth-order valence-electron chi connectivity index (χ4n) is 2.06. The van der Waals surface area contributed by atoms with Gasteiger partial charge in [0.1, 0.15) is 16.5 Å².